The third-order valence-electron chi connectivity index (χ3n) is 6.79. The monoisotopic (exact) mass is 378 g/mol. The molecule has 0 aromatic carbocycles. The van der Waals surface area contributed by atoms with Crippen LogP contribution in [0.3, 0.4) is 0 Å². The molecule has 0 bridgehead atoms. The summed E-state index contributed by atoms with van der Waals surface area (Å²) in [6.45, 7) is 11.1. The first-order valence-electron chi connectivity index (χ1n) is 9.30. The van der Waals surface area contributed by atoms with Gasteiger partial charge in [0.25, 0.3) is 0 Å². The Labute approximate surface area is 158 Å². The Morgan fingerprint density at radius 3 is 2.63 bits per heavy atom. The number of ether oxygens (including phenoxy) is 3. The van der Waals surface area contributed by atoms with Crippen molar-refractivity contribution in [3.8, 4) is 0 Å². The lowest BCUT2D eigenvalue weighted by Gasteiger charge is -2.55. The summed E-state index contributed by atoms with van der Waals surface area (Å²) in [4.78, 5) is 24.4. The molecule has 2 heterocycles. The number of allylic oxidation sites excluding steroid dienone is 1. The highest BCUT2D eigenvalue weighted by atomic mass is 16.6. The van der Waals surface area contributed by atoms with Crippen molar-refractivity contribution in [3.05, 3.63) is 23.8 Å². The standard InChI is InChI=1S/C20H26O7/c1-8(2)6-11(22)25-16-13(23)17-20(5,27-17)15-14-12(9(3)18(24)26-14)10(21)7-19(15,16)4/h6,10,12-17,21,23H,3,7H2,1-2,4-5H3. The molecule has 0 radical (unpaired) electrons. The maximum Gasteiger partial charge on any atom is 0.334 e. The van der Waals surface area contributed by atoms with Crippen LogP contribution in [0.1, 0.15) is 34.1 Å². The second-order valence-corrected chi connectivity index (χ2v) is 8.97. The number of hydrogen-bond acceptors (Lipinski definition) is 7. The fraction of sp³-hybridized carbons (Fsp3) is 0.700. The molecule has 4 fully saturated rings. The molecule has 0 spiro atoms. The van der Waals surface area contributed by atoms with E-state index in [4.69, 9.17) is 14.2 Å². The molecular weight excluding hydrogens is 352 g/mol. The van der Waals surface area contributed by atoms with Gasteiger partial charge in [0.15, 0.2) is 0 Å². The van der Waals surface area contributed by atoms with Gasteiger partial charge in [0.1, 0.15) is 30.0 Å². The zero-order valence-corrected chi connectivity index (χ0v) is 16.0. The molecule has 0 aromatic rings. The molecule has 2 saturated carbocycles. The van der Waals surface area contributed by atoms with Crippen LogP contribution in [0.5, 0.6) is 0 Å². The first kappa shape index (κ1) is 18.7. The number of fused-ring (bicyclic) bond motifs is 5. The second-order valence-electron chi connectivity index (χ2n) is 8.97. The van der Waals surface area contributed by atoms with Crippen molar-refractivity contribution in [1.82, 2.24) is 0 Å². The van der Waals surface area contributed by atoms with Gasteiger partial charge in [-0.25, -0.2) is 9.59 Å². The summed E-state index contributed by atoms with van der Waals surface area (Å²) in [5, 5.41) is 21.6. The number of aliphatic hydroxyl groups is 2. The molecular formula is C20H26O7. The summed E-state index contributed by atoms with van der Waals surface area (Å²) >= 11 is 0. The summed E-state index contributed by atoms with van der Waals surface area (Å²) in [5.74, 6) is -1.91. The van der Waals surface area contributed by atoms with Gasteiger partial charge < -0.3 is 24.4 Å². The SMILES string of the molecule is C=C1C(=O)OC2C1C(O)CC1(C)C(OC(=O)C=C(C)C)C(O)C3OC3(C)C21. The minimum Gasteiger partial charge on any atom is -0.458 e. The van der Waals surface area contributed by atoms with Crippen LogP contribution in [-0.4, -0.2) is 58.3 Å². The molecule has 9 atom stereocenters. The number of epoxide rings is 1. The Morgan fingerprint density at radius 1 is 1.33 bits per heavy atom. The van der Waals surface area contributed by atoms with E-state index < -0.39 is 59.4 Å². The quantitative estimate of drug-likeness (QED) is 0.417. The van der Waals surface area contributed by atoms with Crippen LogP contribution < -0.4 is 0 Å². The lowest BCUT2D eigenvalue weighted by Crippen LogP contribution is -2.66. The predicted molar refractivity (Wildman–Crippen MR) is 93.3 cm³/mol. The van der Waals surface area contributed by atoms with Gasteiger partial charge in [0.2, 0.25) is 0 Å². The van der Waals surface area contributed by atoms with Gasteiger partial charge in [0.05, 0.1) is 12.0 Å². The predicted octanol–water partition coefficient (Wildman–Crippen LogP) is 0.881. The molecule has 2 saturated heterocycles. The Balaban J connectivity index is 1.74. The Kier molecular flexibility index (Phi) is 3.91. The van der Waals surface area contributed by atoms with Crippen molar-refractivity contribution in [3.63, 3.8) is 0 Å². The summed E-state index contributed by atoms with van der Waals surface area (Å²) in [5.41, 5.74) is -0.483. The van der Waals surface area contributed by atoms with Gasteiger partial charge in [-0.3, -0.25) is 0 Å². The van der Waals surface area contributed by atoms with E-state index >= 15 is 0 Å². The molecule has 7 heteroatoms. The number of aliphatic hydroxyl groups excluding tert-OH is 2. The molecule has 27 heavy (non-hydrogen) atoms. The largest absolute Gasteiger partial charge is 0.458 e. The highest BCUT2D eigenvalue weighted by molar-refractivity contribution is 5.91. The minimum absolute atomic E-state index is 0.240. The van der Waals surface area contributed by atoms with Crippen LogP contribution in [0.4, 0.5) is 0 Å². The first-order chi connectivity index (χ1) is 12.5. The maximum absolute atomic E-state index is 12.3. The van der Waals surface area contributed by atoms with Crippen molar-refractivity contribution < 1.29 is 34.0 Å². The lowest BCUT2D eigenvalue weighted by atomic mass is 9.51. The Hall–Kier alpha value is -1.70. The molecule has 0 aromatic heterocycles. The van der Waals surface area contributed by atoms with Gasteiger partial charge in [-0.2, -0.15) is 0 Å². The van der Waals surface area contributed by atoms with Gasteiger partial charge in [0, 0.05) is 23.0 Å². The number of esters is 2. The van der Waals surface area contributed by atoms with Crippen LogP contribution in [0.15, 0.2) is 23.8 Å². The van der Waals surface area contributed by atoms with Gasteiger partial charge in [-0.05, 0) is 27.2 Å². The third-order valence-corrected chi connectivity index (χ3v) is 6.79. The Bertz CT molecular complexity index is 753. The maximum atomic E-state index is 12.3. The van der Waals surface area contributed by atoms with Gasteiger partial charge in [-0.1, -0.05) is 19.1 Å². The van der Waals surface area contributed by atoms with E-state index in [2.05, 4.69) is 6.58 Å². The fourth-order valence-electron chi connectivity index (χ4n) is 5.73. The van der Waals surface area contributed by atoms with Crippen LogP contribution in [0.25, 0.3) is 0 Å². The number of carbonyl (C=O) groups excluding carboxylic acids is 2. The van der Waals surface area contributed by atoms with Crippen molar-refractivity contribution >= 4 is 11.9 Å². The normalized spacial score (nSPS) is 50.1. The lowest BCUT2D eigenvalue weighted by molar-refractivity contribution is -0.209. The summed E-state index contributed by atoms with van der Waals surface area (Å²) in [6.07, 6.45) is -2.31. The summed E-state index contributed by atoms with van der Waals surface area (Å²) in [6, 6.07) is 0. The second kappa shape index (κ2) is 5.65. The molecule has 2 N–H and O–H groups in total. The minimum atomic E-state index is -1.02. The molecule has 4 rings (SSSR count). The molecule has 148 valence electrons. The first-order valence-corrected chi connectivity index (χ1v) is 9.30. The van der Waals surface area contributed by atoms with Crippen molar-refractivity contribution in [1.29, 1.82) is 0 Å². The number of hydrogen-bond donors (Lipinski definition) is 2. The van der Waals surface area contributed by atoms with E-state index in [-0.39, 0.29) is 17.9 Å². The van der Waals surface area contributed by atoms with Crippen LogP contribution in [0, 0.1) is 17.3 Å². The Morgan fingerprint density at radius 2 is 2.00 bits per heavy atom. The molecule has 2 aliphatic carbocycles. The van der Waals surface area contributed by atoms with E-state index in [1.165, 1.54) is 6.08 Å². The number of rotatable bonds is 2. The average molecular weight is 378 g/mol. The van der Waals surface area contributed by atoms with Gasteiger partial charge in [-0.15, -0.1) is 0 Å². The molecule has 7 nitrogen and oxygen atoms in total. The third kappa shape index (κ3) is 2.45. The van der Waals surface area contributed by atoms with Crippen molar-refractivity contribution in [2.75, 3.05) is 0 Å². The van der Waals surface area contributed by atoms with Gasteiger partial charge >= 0.3 is 11.9 Å². The zero-order chi connectivity index (χ0) is 19.9. The smallest absolute Gasteiger partial charge is 0.334 e. The highest BCUT2D eigenvalue weighted by Gasteiger charge is 2.78. The topological polar surface area (TPSA) is 106 Å². The van der Waals surface area contributed by atoms with Crippen LogP contribution in [0.2, 0.25) is 0 Å². The molecule has 4 aliphatic rings. The van der Waals surface area contributed by atoms with Crippen molar-refractivity contribution in [2.45, 2.75) is 70.2 Å². The van der Waals surface area contributed by atoms with Crippen molar-refractivity contribution in [2.24, 2.45) is 17.3 Å². The zero-order valence-electron chi connectivity index (χ0n) is 16.0. The average Bonchev–Trinajstić information content (AvgIpc) is 3.13. The molecule has 2 aliphatic heterocycles. The summed E-state index contributed by atoms with van der Waals surface area (Å²) < 4.78 is 17.1. The van der Waals surface area contributed by atoms with Crippen LogP contribution in [-0.2, 0) is 23.8 Å². The molecule has 0 amide bonds. The highest BCUT2D eigenvalue weighted by Crippen LogP contribution is 2.66. The summed E-state index contributed by atoms with van der Waals surface area (Å²) in [7, 11) is 0. The van der Waals surface area contributed by atoms with E-state index in [1.54, 1.807) is 13.8 Å². The number of carbonyl (C=O) groups is 2. The van der Waals surface area contributed by atoms with Crippen LogP contribution >= 0.6 is 0 Å². The van der Waals surface area contributed by atoms with E-state index in [1.807, 2.05) is 13.8 Å². The van der Waals surface area contributed by atoms with E-state index in [0.717, 1.165) is 5.57 Å². The molecule has 9 unspecified atom stereocenters. The van der Waals surface area contributed by atoms with E-state index in [0.29, 0.717) is 0 Å². The van der Waals surface area contributed by atoms with E-state index in [9.17, 15) is 19.8 Å². The fourth-order valence-corrected chi connectivity index (χ4v) is 5.73.